The number of hydrogen-bond acceptors (Lipinski definition) is 3. The van der Waals surface area contributed by atoms with Crippen LogP contribution >= 0.6 is 15.9 Å². The molecule has 3 nitrogen and oxygen atoms in total. The van der Waals surface area contributed by atoms with Crippen LogP contribution in [0.15, 0.2) is 53.3 Å². The van der Waals surface area contributed by atoms with E-state index in [0.29, 0.717) is 0 Å². The van der Waals surface area contributed by atoms with Gasteiger partial charge in [-0.2, -0.15) is 0 Å². The van der Waals surface area contributed by atoms with Crippen LogP contribution in [-0.4, -0.2) is 36.1 Å². The van der Waals surface area contributed by atoms with Gasteiger partial charge in [0, 0.05) is 44.6 Å². The van der Waals surface area contributed by atoms with Gasteiger partial charge in [0.25, 0.3) is 0 Å². The maximum Gasteiger partial charge on any atom is 0.108 e. The van der Waals surface area contributed by atoms with Crippen molar-refractivity contribution < 1.29 is 0 Å². The second kappa shape index (κ2) is 6.37. The summed E-state index contributed by atoms with van der Waals surface area (Å²) >= 11 is 3.44. The van der Waals surface area contributed by atoms with E-state index in [4.69, 9.17) is 0 Å². The molecule has 3 rings (SSSR count). The van der Waals surface area contributed by atoms with Gasteiger partial charge in [-0.1, -0.05) is 30.3 Å². The van der Waals surface area contributed by atoms with Crippen molar-refractivity contribution >= 4 is 21.6 Å². The van der Waals surface area contributed by atoms with Gasteiger partial charge in [0.05, 0.1) is 0 Å². The molecule has 2 heterocycles. The van der Waals surface area contributed by atoms with Crippen molar-refractivity contribution in [3.8, 4) is 0 Å². The number of hydrogen-bond donors (Lipinski definition) is 0. The van der Waals surface area contributed by atoms with Crippen molar-refractivity contribution in [1.29, 1.82) is 0 Å². The van der Waals surface area contributed by atoms with Gasteiger partial charge in [-0.05, 0) is 33.6 Å². The molecule has 0 amide bonds. The Kier molecular flexibility index (Phi) is 4.33. The minimum Gasteiger partial charge on any atom is -0.369 e. The third kappa shape index (κ3) is 3.38. The highest BCUT2D eigenvalue weighted by Crippen LogP contribution is 2.19. The quantitative estimate of drug-likeness (QED) is 0.805. The Labute approximate surface area is 128 Å². The highest BCUT2D eigenvalue weighted by molar-refractivity contribution is 9.10. The summed E-state index contributed by atoms with van der Waals surface area (Å²) in [6.45, 7) is 5.41. The first-order chi connectivity index (χ1) is 9.81. The van der Waals surface area contributed by atoms with Crippen LogP contribution in [0.3, 0.4) is 0 Å². The van der Waals surface area contributed by atoms with Gasteiger partial charge in [0.2, 0.25) is 0 Å². The molecule has 0 aliphatic carbocycles. The van der Waals surface area contributed by atoms with E-state index >= 15 is 0 Å². The van der Waals surface area contributed by atoms with E-state index in [2.05, 4.69) is 73.2 Å². The van der Waals surface area contributed by atoms with Crippen molar-refractivity contribution in [2.45, 2.75) is 6.54 Å². The summed E-state index contributed by atoms with van der Waals surface area (Å²) < 4.78 is 0.904. The molecule has 1 fully saturated rings. The summed E-state index contributed by atoms with van der Waals surface area (Å²) in [6, 6.07) is 14.9. The van der Waals surface area contributed by atoms with Gasteiger partial charge >= 0.3 is 0 Å². The van der Waals surface area contributed by atoms with Gasteiger partial charge in [0.1, 0.15) is 4.60 Å². The fraction of sp³-hybridized carbons (Fsp3) is 0.312. The lowest BCUT2D eigenvalue weighted by atomic mass is 10.2. The molecule has 104 valence electrons. The number of aromatic nitrogens is 1. The lowest BCUT2D eigenvalue weighted by Gasteiger charge is -2.36. The number of halogens is 1. The van der Waals surface area contributed by atoms with Crippen molar-refractivity contribution in [3.63, 3.8) is 0 Å². The maximum absolute atomic E-state index is 4.19. The van der Waals surface area contributed by atoms with Gasteiger partial charge in [0.15, 0.2) is 0 Å². The molecule has 0 atom stereocenters. The summed E-state index contributed by atoms with van der Waals surface area (Å²) in [7, 11) is 0. The van der Waals surface area contributed by atoms with Crippen LogP contribution in [0.25, 0.3) is 0 Å². The van der Waals surface area contributed by atoms with Crippen LogP contribution in [0.4, 0.5) is 5.69 Å². The lowest BCUT2D eigenvalue weighted by Crippen LogP contribution is -2.45. The number of anilines is 1. The first kappa shape index (κ1) is 13.6. The second-order valence-corrected chi connectivity index (χ2v) is 5.90. The molecule has 4 heteroatoms. The number of benzene rings is 1. The normalized spacial score (nSPS) is 16.4. The highest BCUT2D eigenvalue weighted by Gasteiger charge is 2.17. The Hall–Kier alpha value is -1.39. The Morgan fingerprint density at radius 2 is 1.75 bits per heavy atom. The average molecular weight is 332 g/mol. The lowest BCUT2D eigenvalue weighted by molar-refractivity contribution is 0.250. The van der Waals surface area contributed by atoms with Crippen LogP contribution in [0.5, 0.6) is 0 Å². The predicted molar refractivity (Wildman–Crippen MR) is 85.9 cm³/mol. The molecule has 2 aromatic rings. The number of piperazine rings is 1. The standard InChI is InChI=1S/C16H18BrN3/c17-16-12-15(6-7-18-16)20-10-8-19(9-11-20)13-14-4-2-1-3-5-14/h1-7,12H,8-11,13H2. The Morgan fingerprint density at radius 1 is 1.00 bits per heavy atom. The number of rotatable bonds is 3. The minimum absolute atomic E-state index is 0.904. The largest absolute Gasteiger partial charge is 0.369 e. The van der Waals surface area contributed by atoms with Crippen LogP contribution in [-0.2, 0) is 6.54 Å². The third-order valence-electron chi connectivity index (χ3n) is 3.70. The molecule has 0 unspecified atom stereocenters. The van der Waals surface area contributed by atoms with Crippen LogP contribution < -0.4 is 4.90 Å². The average Bonchev–Trinajstić information content (AvgIpc) is 2.49. The first-order valence-corrected chi connectivity index (χ1v) is 7.73. The van der Waals surface area contributed by atoms with Gasteiger partial charge < -0.3 is 4.90 Å². The number of nitrogens with zero attached hydrogens (tertiary/aromatic N) is 3. The van der Waals surface area contributed by atoms with E-state index in [1.54, 1.807) is 0 Å². The fourth-order valence-corrected chi connectivity index (χ4v) is 2.95. The minimum atomic E-state index is 0.904. The summed E-state index contributed by atoms with van der Waals surface area (Å²) in [4.78, 5) is 9.13. The SMILES string of the molecule is Brc1cc(N2CCN(Cc3ccccc3)CC2)ccn1. The summed E-state index contributed by atoms with van der Waals surface area (Å²) in [6.07, 6.45) is 1.86. The Bertz CT molecular complexity index is 551. The van der Waals surface area contributed by atoms with Crippen LogP contribution in [0.1, 0.15) is 5.56 Å². The molecule has 1 aliphatic rings. The van der Waals surface area contributed by atoms with Gasteiger partial charge in [-0.15, -0.1) is 0 Å². The van der Waals surface area contributed by atoms with Crippen molar-refractivity contribution in [2.24, 2.45) is 0 Å². The van der Waals surface area contributed by atoms with Crippen LogP contribution in [0.2, 0.25) is 0 Å². The zero-order chi connectivity index (χ0) is 13.8. The van der Waals surface area contributed by atoms with E-state index in [-0.39, 0.29) is 0 Å². The zero-order valence-corrected chi connectivity index (χ0v) is 13.0. The summed E-state index contributed by atoms with van der Waals surface area (Å²) in [5.41, 5.74) is 2.65. The summed E-state index contributed by atoms with van der Waals surface area (Å²) in [5, 5.41) is 0. The molecule has 1 aliphatic heterocycles. The van der Waals surface area contributed by atoms with E-state index in [1.165, 1.54) is 11.3 Å². The Morgan fingerprint density at radius 3 is 2.45 bits per heavy atom. The zero-order valence-electron chi connectivity index (χ0n) is 11.4. The van der Waals surface area contributed by atoms with Crippen LogP contribution in [0, 0.1) is 0 Å². The predicted octanol–water partition coefficient (Wildman–Crippen LogP) is 3.17. The topological polar surface area (TPSA) is 19.4 Å². The second-order valence-electron chi connectivity index (χ2n) is 5.09. The number of pyridine rings is 1. The molecule has 0 saturated carbocycles. The van der Waals surface area contributed by atoms with Crippen molar-refractivity contribution in [2.75, 3.05) is 31.1 Å². The molecular formula is C16H18BrN3. The molecular weight excluding hydrogens is 314 g/mol. The molecule has 0 spiro atoms. The fourth-order valence-electron chi connectivity index (χ4n) is 2.59. The van der Waals surface area contributed by atoms with Gasteiger partial charge in [-0.3, -0.25) is 4.90 Å². The molecule has 20 heavy (non-hydrogen) atoms. The third-order valence-corrected chi connectivity index (χ3v) is 4.13. The van der Waals surface area contributed by atoms with Crippen molar-refractivity contribution in [1.82, 2.24) is 9.88 Å². The molecule has 0 bridgehead atoms. The molecule has 0 N–H and O–H groups in total. The Balaban J connectivity index is 1.57. The maximum atomic E-state index is 4.19. The van der Waals surface area contributed by atoms with Gasteiger partial charge in [-0.25, -0.2) is 4.98 Å². The molecule has 0 radical (unpaired) electrons. The smallest absolute Gasteiger partial charge is 0.108 e. The summed E-state index contributed by atoms with van der Waals surface area (Å²) in [5.74, 6) is 0. The highest BCUT2D eigenvalue weighted by atomic mass is 79.9. The molecule has 1 aromatic heterocycles. The monoisotopic (exact) mass is 331 g/mol. The van der Waals surface area contributed by atoms with Crippen molar-refractivity contribution in [3.05, 3.63) is 58.8 Å². The van der Waals surface area contributed by atoms with E-state index in [9.17, 15) is 0 Å². The first-order valence-electron chi connectivity index (χ1n) is 6.94. The van der Waals surface area contributed by atoms with E-state index in [1.807, 2.05) is 6.20 Å². The molecule has 1 saturated heterocycles. The van der Waals surface area contributed by atoms with E-state index in [0.717, 1.165) is 37.3 Å². The molecule has 1 aromatic carbocycles. The van der Waals surface area contributed by atoms with E-state index < -0.39 is 0 Å².